The Kier molecular flexibility index (Phi) is 2.11. The van der Waals surface area contributed by atoms with Crippen LogP contribution >= 0.6 is 23.5 Å². The molecular weight excluding hydrogens is 226 g/mol. The van der Waals surface area contributed by atoms with Gasteiger partial charge in [-0.2, -0.15) is 0 Å². The molecule has 15 heavy (non-hydrogen) atoms. The Hall–Kier alpha value is -1.12. The van der Waals surface area contributed by atoms with Crippen molar-refractivity contribution in [3.05, 3.63) is 47.5 Å². The second-order valence-electron chi connectivity index (χ2n) is 3.39. The van der Waals surface area contributed by atoms with Gasteiger partial charge in [0.25, 0.3) is 0 Å². The lowest BCUT2D eigenvalue weighted by atomic mass is 10.0. The molecule has 3 rings (SSSR count). The Balaban J connectivity index is 2.26. The van der Waals surface area contributed by atoms with Crippen LogP contribution in [0.2, 0.25) is 5.02 Å². The number of hydrogen-bond acceptors (Lipinski definition) is 2. The maximum Gasteiger partial charge on any atom is 0.0537 e. The zero-order valence-corrected chi connectivity index (χ0v) is 9.40. The third kappa shape index (κ3) is 1.50. The van der Waals surface area contributed by atoms with Crippen molar-refractivity contribution in [1.29, 1.82) is 0 Å². The molecule has 0 bridgehead atoms. The highest BCUT2D eigenvalue weighted by atomic mass is 35.5. The first-order valence-electron chi connectivity index (χ1n) is 4.66. The molecule has 0 spiro atoms. The Bertz CT molecular complexity index is 525. The van der Waals surface area contributed by atoms with Gasteiger partial charge in [0, 0.05) is 15.5 Å². The molecule has 1 nitrogen and oxygen atoms in total. The summed E-state index contributed by atoms with van der Waals surface area (Å²) in [6.07, 6.45) is 0. The number of anilines is 1. The van der Waals surface area contributed by atoms with Crippen molar-refractivity contribution in [2.75, 3.05) is 4.72 Å². The monoisotopic (exact) mass is 233 g/mol. The summed E-state index contributed by atoms with van der Waals surface area (Å²) in [6.45, 7) is 0. The van der Waals surface area contributed by atoms with E-state index < -0.39 is 0 Å². The summed E-state index contributed by atoms with van der Waals surface area (Å²) in [7, 11) is 0. The molecule has 0 fully saturated rings. The Morgan fingerprint density at radius 3 is 2.80 bits per heavy atom. The topological polar surface area (TPSA) is 12.0 Å². The van der Waals surface area contributed by atoms with Crippen molar-refractivity contribution in [3.8, 4) is 11.1 Å². The zero-order valence-electron chi connectivity index (χ0n) is 7.83. The second kappa shape index (κ2) is 3.47. The van der Waals surface area contributed by atoms with Gasteiger partial charge in [-0.3, -0.25) is 0 Å². The number of hydrogen-bond donors (Lipinski definition) is 1. The third-order valence-electron chi connectivity index (χ3n) is 2.43. The van der Waals surface area contributed by atoms with Crippen LogP contribution in [0.15, 0.2) is 47.4 Å². The first-order valence-corrected chi connectivity index (χ1v) is 5.86. The SMILES string of the molecule is Clc1ccc2c(c1)NSc1ccccc1-2. The fourth-order valence-corrected chi connectivity index (χ4v) is 2.72. The third-order valence-corrected chi connectivity index (χ3v) is 3.56. The van der Waals surface area contributed by atoms with Crippen LogP contribution in [0.5, 0.6) is 0 Å². The summed E-state index contributed by atoms with van der Waals surface area (Å²) in [4.78, 5) is 1.26. The number of fused-ring (bicyclic) bond motifs is 3. The fourth-order valence-electron chi connectivity index (χ4n) is 1.72. The minimum absolute atomic E-state index is 0.765. The number of halogens is 1. The van der Waals surface area contributed by atoms with Crippen LogP contribution in [-0.2, 0) is 0 Å². The van der Waals surface area contributed by atoms with Crippen molar-refractivity contribution in [2.24, 2.45) is 0 Å². The normalized spacial score (nSPS) is 12.6. The van der Waals surface area contributed by atoms with Crippen LogP contribution in [0.4, 0.5) is 5.69 Å². The molecule has 74 valence electrons. The molecule has 1 heterocycles. The highest BCUT2D eigenvalue weighted by Gasteiger charge is 2.15. The molecule has 0 unspecified atom stereocenters. The van der Waals surface area contributed by atoms with Gasteiger partial charge < -0.3 is 4.72 Å². The van der Waals surface area contributed by atoms with Crippen molar-refractivity contribution in [1.82, 2.24) is 0 Å². The molecule has 2 aromatic carbocycles. The van der Waals surface area contributed by atoms with E-state index in [4.69, 9.17) is 11.6 Å². The minimum Gasteiger partial charge on any atom is -0.325 e. The standard InChI is InChI=1S/C12H8ClNS/c13-8-5-6-9-10-3-1-2-4-12(10)15-14-11(9)7-8/h1-7,14H. The smallest absolute Gasteiger partial charge is 0.0537 e. The van der Waals surface area contributed by atoms with Crippen LogP contribution in [0.1, 0.15) is 0 Å². The molecule has 3 heteroatoms. The lowest BCUT2D eigenvalue weighted by Gasteiger charge is -2.20. The Labute approximate surface area is 97.6 Å². The molecule has 1 N–H and O–H groups in total. The molecule has 0 aliphatic carbocycles. The molecule has 1 aliphatic rings. The van der Waals surface area contributed by atoms with E-state index in [1.54, 1.807) is 11.9 Å². The largest absolute Gasteiger partial charge is 0.325 e. The summed E-state index contributed by atoms with van der Waals surface area (Å²) in [5.74, 6) is 0. The van der Waals surface area contributed by atoms with E-state index in [-0.39, 0.29) is 0 Å². The molecule has 0 aromatic heterocycles. The molecule has 0 amide bonds. The van der Waals surface area contributed by atoms with Gasteiger partial charge in [0.15, 0.2) is 0 Å². The minimum atomic E-state index is 0.765. The van der Waals surface area contributed by atoms with Crippen molar-refractivity contribution >= 4 is 29.2 Å². The van der Waals surface area contributed by atoms with Crippen LogP contribution < -0.4 is 4.72 Å². The van der Waals surface area contributed by atoms with Gasteiger partial charge in [-0.05, 0) is 35.7 Å². The van der Waals surface area contributed by atoms with E-state index >= 15 is 0 Å². The van der Waals surface area contributed by atoms with E-state index in [0.717, 1.165) is 10.7 Å². The molecule has 0 saturated heterocycles. The predicted molar refractivity (Wildman–Crippen MR) is 66.4 cm³/mol. The summed E-state index contributed by atoms with van der Waals surface area (Å²) in [5, 5.41) is 0.765. The van der Waals surface area contributed by atoms with Crippen LogP contribution in [0.25, 0.3) is 11.1 Å². The molecule has 0 atom stereocenters. The Morgan fingerprint density at radius 1 is 1.00 bits per heavy atom. The van der Waals surface area contributed by atoms with Gasteiger partial charge >= 0.3 is 0 Å². The lowest BCUT2D eigenvalue weighted by molar-refractivity contribution is 1.42. The van der Waals surface area contributed by atoms with E-state index in [9.17, 15) is 0 Å². The predicted octanol–water partition coefficient (Wildman–Crippen LogP) is 4.44. The van der Waals surface area contributed by atoms with Gasteiger partial charge in [-0.15, -0.1) is 0 Å². The van der Waals surface area contributed by atoms with Crippen molar-refractivity contribution < 1.29 is 0 Å². The highest BCUT2D eigenvalue weighted by molar-refractivity contribution is 8.00. The fraction of sp³-hybridized carbons (Fsp3) is 0. The average molecular weight is 234 g/mol. The van der Waals surface area contributed by atoms with Gasteiger partial charge in [0.2, 0.25) is 0 Å². The maximum absolute atomic E-state index is 5.95. The van der Waals surface area contributed by atoms with Crippen molar-refractivity contribution in [2.45, 2.75) is 4.90 Å². The van der Waals surface area contributed by atoms with Crippen LogP contribution in [-0.4, -0.2) is 0 Å². The maximum atomic E-state index is 5.95. The molecule has 0 saturated carbocycles. The summed E-state index contributed by atoms with van der Waals surface area (Å²) < 4.78 is 3.29. The van der Waals surface area contributed by atoms with Crippen LogP contribution in [0, 0.1) is 0 Å². The van der Waals surface area contributed by atoms with E-state index in [0.29, 0.717) is 0 Å². The van der Waals surface area contributed by atoms with Gasteiger partial charge in [0.05, 0.1) is 5.69 Å². The summed E-state index contributed by atoms with van der Waals surface area (Å²) in [5.41, 5.74) is 3.58. The lowest BCUT2D eigenvalue weighted by Crippen LogP contribution is -1.98. The van der Waals surface area contributed by atoms with Crippen LogP contribution in [0.3, 0.4) is 0 Å². The number of benzene rings is 2. The van der Waals surface area contributed by atoms with E-state index in [2.05, 4.69) is 35.1 Å². The molecule has 0 radical (unpaired) electrons. The van der Waals surface area contributed by atoms with Gasteiger partial charge in [-0.1, -0.05) is 35.9 Å². The summed E-state index contributed by atoms with van der Waals surface area (Å²) >= 11 is 7.59. The summed E-state index contributed by atoms with van der Waals surface area (Å²) in [6, 6.07) is 14.3. The van der Waals surface area contributed by atoms with Gasteiger partial charge in [-0.25, -0.2) is 0 Å². The first-order chi connectivity index (χ1) is 7.34. The molecule has 1 aliphatic heterocycles. The van der Waals surface area contributed by atoms with Gasteiger partial charge in [0.1, 0.15) is 0 Å². The average Bonchev–Trinajstić information content (AvgIpc) is 2.28. The first kappa shape index (κ1) is 9.13. The second-order valence-corrected chi connectivity index (χ2v) is 4.67. The number of nitrogens with one attached hydrogen (secondary N) is 1. The number of rotatable bonds is 0. The van der Waals surface area contributed by atoms with Crippen molar-refractivity contribution in [3.63, 3.8) is 0 Å². The Morgan fingerprint density at radius 2 is 1.87 bits per heavy atom. The van der Waals surface area contributed by atoms with E-state index in [1.807, 2.05) is 12.1 Å². The highest BCUT2D eigenvalue weighted by Crippen LogP contribution is 2.42. The zero-order chi connectivity index (χ0) is 10.3. The molecular formula is C12H8ClNS. The quantitative estimate of drug-likeness (QED) is 0.676. The molecule has 2 aromatic rings. The van der Waals surface area contributed by atoms with E-state index in [1.165, 1.54) is 16.0 Å².